The molecule has 0 heterocycles. The molecule has 0 aliphatic carbocycles. The zero-order valence-corrected chi connectivity index (χ0v) is 6.55. The number of carbonyl (C=O) groups excluding carboxylic acids is 1. The van der Waals surface area contributed by atoms with E-state index in [1.54, 1.807) is 0 Å². The summed E-state index contributed by atoms with van der Waals surface area (Å²) in [6, 6.07) is 0. The van der Waals surface area contributed by atoms with Crippen molar-refractivity contribution in [1.82, 2.24) is 5.32 Å². The number of aliphatic hydroxyl groups is 2. The van der Waals surface area contributed by atoms with Crippen molar-refractivity contribution < 1.29 is 15.0 Å². The topological polar surface area (TPSA) is 69.6 Å². The lowest BCUT2D eigenvalue weighted by atomic mass is 10.3. The van der Waals surface area contributed by atoms with E-state index in [1.165, 1.54) is 0 Å². The van der Waals surface area contributed by atoms with Crippen LogP contribution in [0.3, 0.4) is 0 Å². The van der Waals surface area contributed by atoms with Gasteiger partial charge in [0.15, 0.2) is 0 Å². The Morgan fingerprint density at radius 1 is 1.18 bits per heavy atom. The Bertz CT molecular complexity index is 106. The number of carbonyl (C=O) groups is 1. The van der Waals surface area contributed by atoms with Gasteiger partial charge in [-0.25, -0.2) is 0 Å². The average Bonchev–Trinajstić information content (AvgIpc) is 2.01. The molecule has 0 bridgehead atoms. The monoisotopic (exact) mass is 161 g/mol. The largest absolute Gasteiger partial charge is 0.396 e. The summed E-state index contributed by atoms with van der Waals surface area (Å²) in [7, 11) is 0. The lowest BCUT2D eigenvalue weighted by molar-refractivity contribution is -0.121. The summed E-state index contributed by atoms with van der Waals surface area (Å²) in [5.41, 5.74) is 0. The highest BCUT2D eigenvalue weighted by Crippen LogP contribution is 1.86. The van der Waals surface area contributed by atoms with E-state index in [4.69, 9.17) is 10.2 Å². The van der Waals surface area contributed by atoms with Gasteiger partial charge in [0.25, 0.3) is 0 Å². The van der Waals surface area contributed by atoms with Gasteiger partial charge in [0.2, 0.25) is 5.91 Å². The minimum atomic E-state index is -0.0625. The van der Waals surface area contributed by atoms with Crippen molar-refractivity contribution in [2.45, 2.75) is 19.3 Å². The van der Waals surface area contributed by atoms with E-state index in [0.717, 1.165) is 0 Å². The Balaban J connectivity index is 3.09. The van der Waals surface area contributed by atoms with Crippen LogP contribution in [0.2, 0.25) is 0 Å². The van der Waals surface area contributed by atoms with Gasteiger partial charge in [0, 0.05) is 26.2 Å². The Kier molecular flexibility index (Phi) is 7.08. The highest BCUT2D eigenvalue weighted by molar-refractivity contribution is 5.75. The van der Waals surface area contributed by atoms with E-state index < -0.39 is 0 Å². The first kappa shape index (κ1) is 10.4. The fourth-order valence-electron chi connectivity index (χ4n) is 0.635. The highest BCUT2D eigenvalue weighted by atomic mass is 16.3. The number of hydrogen-bond acceptors (Lipinski definition) is 3. The third-order valence-electron chi connectivity index (χ3n) is 1.22. The van der Waals surface area contributed by atoms with Crippen LogP contribution in [-0.2, 0) is 4.79 Å². The smallest absolute Gasteiger partial charge is 0.220 e. The van der Waals surface area contributed by atoms with Crippen LogP contribution in [0.25, 0.3) is 0 Å². The van der Waals surface area contributed by atoms with Gasteiger partial charge in [-0.3, -0.25) is 4.79 Å². The zero-order chi connectivity index (χ0) is 8.53. The summed E-state index contributed by atoms with van der Waals surface area (Å²) in [4.78, 5) is 10.8. The van der Waals surface area contributed by atoms with E-state index in [9.17, 15) is 4.79 Å². The summed E-state index contributed by atoms with van der Waals surface area (Å²) in [6.45, 7) is 0.661. The summed E-state index contributed by atoms with van der Waals surface area (Å²) < 4.78 is 0. The van der Waals surface area contributed by atoms with E-state index >= 15 is 0 Å². The molecule has 4 nitrogen and oxygen atoms in total. The molecular formula is C7H15NO3. The number of amides is 1. The van der Waals surface area contributed by atoms with Crippen LogP contribution < -0.4 is 5.32 Å². The van der Waals surface area contributed by atoms with Crippen molar-refractivity contribution in [3.63, 3.8) is 0 Å². The van der Waals surface area contributed by atoms with E-state index in [0.29, 0.717) is 25.8 Å². The van der Waals surface area contributed by atoms with Gasteiger partial charge in [0.05, 0.1) is 0 Å². The minimum absolute atomic E-state index is 0.0490. The van der Waals surface area contributed by atoms with Crippen molar-refractivity contribution in [3.8, 4) is 0 Å². The van der Waals surface area contributed by atoms with Crippen LogP contribution >= 0.6 is 0 Å². The molecule has 0 fully saturated rings. The van der Waals surface area contributed by atoms with Crippen LogP contribution in [0, 0.1) is 0 Å². The molecule has 0 unspecified atom stereocenters. The molecule has 0 aliphatic heterocycles. The summed E-state index contributed by atoms with van der Waals surface area (Å²) >= 11 is 0. The van der Waals surface area contributed by atoms with Crippen LogP contribution in [0.5, 0.6) is 0 Å². The SMILES string of the molecule is O=C(CCCO)NCCCO. The molecule has 0 rings (SSSR count). The molecule has 0 saturated carbocycles. The second-order valence-corrected chi connectivity index (χ2v) is 2.25. The Hall–Kier alpha value is -0.610. The van der Waals surface area contributed by atoms with Crippen LogP contribution in [0.4, 0.5) is 0 Å². The molecule has 1 amide bonds. The standard InChI is InChI=1S/C7H15NO3/c9-5-1-3-7(11)8-4-2-6-10/h9-10H,1-6H2,(H,8,11). The van der Waals surface area contributed by atoms with Gasteiger partial charge in [-0.05, 0) is 12.8 Å². The third-order valence-corrected chi connectivity index (χ3v) is 1.22. The Morgan fingerprint density at radius 2 is 1.82 bits per heavy atom. The summed E-state index contributed by atoms with van der Waals surface area (Å²) in [6.07, 6.45) is 1.46. The molecule has 0 atom stereocenters. The average molecular weight is 161 g/mol. The fourth-order valence-corrected chi connectivity index (χ4v) is 0.635. The first-order valence-corrected chi connectivity index (χ1v) is 3.79. The van der Waals surface area contributed by atoms with Gasteiger partial charge < -0.3 is 15.5 Å². The van der Waals surface area contributed by atoms with Crippen molar-refractivity contribution in [2.75, 3.05) is 19.8 Å². The predicted octanol–water partition coefficient (Wildman–Crippen LogP) is -0.743. The quantitative estimate of drug-likeness (QED) is 0.449. The first-order valence-electron chi connectivity index (χ1n) is 3.79. The third kappa shape index (κ3) is 7.29. The zero-order valence-electron chi connectivity index (χ0n) is 6.55. The lowest BCUT2D eigenvalue weighted by Crippen LogP contribution is -2.24. The van der Waals surface area contributed by atoms with E-state index in [2.05, 4.69) is 5.32 Å². The van der Waals surface area contributed by atoms with Gasteiger partial charge in [-0.1, -0.05) is 0 Å². The molecule has 0 aliphatic rings. The first-order chi connectivity index (χ1) is 5.31. The second kappa shape index (κ2) is 7.50. The second-order valence-electron chi connectivity index (χ2n) is 2.25. The molecule has 0 aromatic heterocycles. The molecule has 3 N–H and O–H groups in total. The maximum atomic E-state index is 10.8. The lowest BCUT2D eigenvalue weighted by Gasteiger charge is -2.01. The molecule has 11 heavy (non-hydrogen) atoms. The minimum Gasteiger partial charge on any atom is -0.396 e. The molecule has 0 aromatic carbocycles. The number of rotatable bonds is 6. The molecule has 0 saturated heterocycles. The van der Waals surface area contributed by atoms with Crippen molar-refractivity contribution in [3.05, 3.63) is 0 Å². The fraction of sp³-hybridized carbons (Fsp3) is 0.857. The van der Waals surface area contributed by atoms with Gasteiger partial charge in [-0.2, -0.15) is 0 Å². The molecule has 4 heteroatoms. The molecule has 0 radical (unpaired) electrons. The van der Waals surface area contributed by atoms with Crippen LogP contribution in [0.15, 0.2) is 0 Å². The van der Waals surface area contributed by atoms with E-state index in [1.807, 2.05) is 0 Å². The van der Waals surface area contributed by atoms with Gasteiger partial charge in [0.1, 0.15) is 0 Å². The van der Waals surface area contributed by atoms with Crippen LogP contribution in [0.1, 0.15) is 19.3 Å². The van der Waals surface area contributed by atoms with Gasteiger partial charge >= 0.3 is 0 Å². The normalized spacial score (nSPS) is 9.64. The number of aliphatic hydroxyl groups excluding tert-OH is 2. The van der Waals surface area contributed by atoms with Crippen molar-refractivity contribution in [1.29, 1.82) is 0 Å². The summed E-state index contributed by atoms with van der Waals surface area (Å²) in [5, 5.41) is 19.3. The van der Waals surface area contributed by atoms with Gasteiger partial charge in [-0.15, -0.1) is 0 Å². The Labute approximate surface area is 66.2 Å². The molecular weight excluding hydrogens is 146 g/mol. The number of hydrogen-bond donors (Lipinski definition) is 3. The van der Waals surface area contributed by atoms with Crippen molar-refractivity contribution >= 4 is 5.91 Å². The molecule has 0 spiro atoms. The highest BCUT2D eigenvalue weighted by Gasteiger charge is 1.97. The van der Waals surface area contributed by atoms with Crippen LogP contribution in [-0.4, -0.2) is 35.9 Å². The maximum Gasteiger partial charge on any atom is 0.220 e. The Morgan fingerprint density at radius 3 is 2.36 bits per heavy atom. The summed E-state index contributed by atoms with van der Waals surface area (Å²) in [5.74, 6) is -0.0625. The number of nitrogens with one attached hydrogen (secondary N) is 1. The van der Waals surface area contributed by atoms with E-state index in [-0.39, 0.29) is 19.1 Å². The molecule has 0 aromatic rings. The predicted molar refractivity (Wildman–Crippen MR) is 41.0 cm³/mol. The molecule has 66 valence electrons. The van der Waals surface area contributed by atoms with Crippen molar-refractivity contribution in [2.24, 2.45) is 0 Å². The maximum absolute atomic E-state index is 10.8.